The van der Waals surface area contributed by atoms with E-state index in [1.165, 1.54) is 51.9 Å². The molecule has 2 nitrogen and oxygen atoms in total. The van der Waals surface area contributed by atoms with Gasteiger partial charge in [-0.3, -0.25) is 4.90 Å². The molecule has 2 rings (SSSR count). The summed E-state index contributed by atoms with van der Waals surface area (Å²) in [6.07, 6.45) is 5.61. The normalized spacial score (nSPS) is 40.0. The molecule has 2 heterocycles. The molecule has 0 aromatic rings. The van der Waals surface area contributed by atoms with Crippen molar-refractivity contribution in [1.29, 1.82) is 0 Å². The van der Waals surface area contributed by atoms with Gasteiger partial charge in [-0.1, -0.05) is 13.8 Å². The van der Waals surface area contributed by atoms with Crippen molar-refractivity contribution in [3.63, 3.8) is 0 Å². The van der Waals surface area contributed by atoms with Crippen LogP contribution in [-0.2, 0) is 0 Å². The van der Waals surface area contributed by atoms with E-state index in [0.717, 1.165) is 17.9 Å². The van der Waals surface area contributed by atoms with Gasteiger partial charge in [-0.2, -0.15) is 0 Å². The zero-order chi connectivity index (χ0) is 10.7. The molecule has 2 aliphatic rings. The number of hydrogen-bond acceptors (Lipinski definition) is 2. The Labute approximate surface area is 94.4 Å². The van der Waals surface area contributed by atoms with Crippen molar-refractivity contribution < 1.29 is 0 Å². The van der Waals surface area contributed by atoms with Crippen LogP contribution >= 0.6 is 0 Å². The number of nitrogens with one attached hydrogen (secondary N) is 1. The lowest BCUT2D eigenvalue weighted by molar-refractivity contribution is 0.125. The Morgan fingerprint density at radius 2 is 1.93 bits per heavy atom. The highest BCUT2D eigenvalue weighted by Gasteiger charge is 2.27. The first-order valence-corrected chi connectivity index (χ1v) is 6.72. The lowest BCUT2D eigenvalue weighted by Crippen LogP contribution is -2.50. The first-order chi connectivity index (χ1) is 7.27. The molecule has 0 aromatic carbocycles. The molecule has 2 fully saturated rings. The Morgan fingerprint density at radius 3 is 2.73 bits per heavy atom. The second-order valence-electron chi connectivity index (χ2n) is 5.61. The van der Waals surface area contributed by atoms with Crippen LogP contribution < -0.4 is 5.32 Å². The van der Waals surface area contributed by atoms with Crippen molar-refractivity contribution in [1.82, 2.24) is 10.2 Å². The molecule has 0 aromatic heterocycles. The number of rotatable bonds is 1. The Morgan fingerprint density at radius 1 is 1.07 bits per heavy atom. The third-order valence-electron chi connectivity index (χ3n) is 4.31. The molecule has 2 saturated heterocycles. The smallest absolute Gasteiger partial charge is 0.0246 e. The largest absolute Gasteiger partial charge is 0.315 e. The summed E-state index contributed by atoms with van der Waals surface area (Å²) in [5, 5.41) is 3.55. The second kappa shape index (κ2) is 5.31. The number of nitrogens with zero attached hydrogens (tertiary/aromatic N) is 1. The molecule has 2 aliphatic heterocycles. The van der Waals surface area contributed by atoms with Crippen molar-refractivity contribution in [3.8, 4) is 0 Å². The van der Waals surface area contributed by atoms with Gasteiger partial charge in [0, 0.05) is 12.6 Å². The van der Waals surface area contributed by atoms with Gasteiger partial charge in [0.1, 0.15) is 0 Å². The predicted octanol–water partition coefficient (Wildman–Crippen LogP) is 2.11. The highest BCUT2D eigenvalue weighted by atomic mass is 15.2. The molecule has 3 atom stereocenters. The fourth-order valence-electron chi connectivity index (χ4n) is 3.08. The van der Waals surface area contributed by atoms with Crippen molar-refractivity contribution in [3.05, 3.63) is 0 Å². The standard InChI is InChI=1S/C13H26N2/c1-11-4-3-8-15(9-6-11)13-10-14-7-5-12(13)2/h11-14H,3-10H2,1-2H3. The summed E-state index contributed by atoms with van der Waals surface area (Å²) in [5.41, 5.74) is 0. The predicted molar refractivity (Wildman–Crippen MR) is 65.0 cm³/mol. The topological polar surface area (TPSA) is 15.3 Å². The van der Waals surface area contributed by atoms with E-state index in [9.17, 15) is 0 Å². The van der Waals surface area contributed by atoms with E-state index in [0.29, 0.717) is 0 Å². The summed E-state index contributed by atoms with van der Waals surface area (Å²) >= 11 is 0. The summed E-state index contributed by atoms with van der Waals surface area (Å²) in [5.74, 6) is 1.83. The Balaban J connectivity index is 1.90. The number of piperidine rings is 1. The van der Waals surface area contributed by atoms with E-state index in [1.807, 2.05) is 0 Å². The number of likely N-dealkylation sites (tertiary alicyclic amines) is 1. The maximum absolute atomic E-state index is 3.55. The quantitative estimate of drug-likeness (QED) is 0.713. The first kappa shape index (κ1) is 11.4. The minimum absolute atomic E-state index is 0.809. The molecule has 0 saturated carbocycles. The van der Waals surface area contributed by atoms with Gasteiger partial charge in [0.2, 0.25) is 0 Å². The molecular weight excluding hydrogens is 184 g/mol. The zero-order valence-corrected chi connectivity index (χ0v) is 10.3. The number of hydrogen-bond donors (Lipinski definition) is 1. The minimum Gasteiger partial charge on any atom is -0.315 e. The maximum atomic E-state index is 3.55. The first-order valence-electron chi connectivity index (χ1n) is 6.72. The molecule has 0 bridgehead atoms. The van der Waals surface area contributed by atoms with Crippen LogP contribution in [-0.4, -0.2) is 37.1 Å². The highest BCUT2D eigenvalue weighted by molar-refractivity contribution is 4.84. The highest BCUT2D eigenvalue weighted by Crippen LogP contribution is 2.23. The van der Waals surface area contributed by atoms with Crippen LogP contribution in [0.25, 0.3) is 0 Å². The molecule has 0 amide bonds. The summed E-state index contributed by atoms with van der Waals surface area (Å²) in [6, 6.07) is 0.809. The molecule has 0 aliphatic carbocycles. The van der Waals surface area contributed by atoms with Crippen molar-refractivity contribution in [2.24, 2.45) is 11.8 Å². The maximum Gasteiger partial charge on any atom is 0.0246 e. The summed E-state index contributed by atoms with van der Waals surface area (Å²) in [6.45, 7) is 9.95. The van der Waals surface area contributed by atoms with Gasteiger partial charge in [-0.05, 0) is 57.2 Å². The SMILES string of the molecule is CC1CCCN(C2CNCCC2C)CC1. The van der Waals surface area contributed by atoms with Gasteiger partial charge in [0.15, 0.2) is 0 Å². The van der Waals surface area contributed by atoms with Gasteiger partial charge < -0.3 is 5.32 Å². The van der Waals surface area contributed by atoms with E-state index in [2.05, 4.69) is 24.1 Å². The average Bonchev–Trinajstić information content (AvgIpc) is 2.44. The van der Waals surface area contributed by atoms with Gasteiger partial charge in [-0.15, -0.1) is 0 Å². The molecule has 0 spiro atoms. The van der Waals surface area contributed by atoms with E-state index >= 15 is 0 Å². The lowest BCUT2D eigenvalue weighted by Gasteiger charge is -2.38. The molecule has 3 unspecified atom stereocenters. The summed E-state index contributed by atoms with van der Waals surface area (Å²) in [7, 11) is 0. The van der Waals surface area contributed by atoms with E-state index < -0.39 is 0 Å². The molecule has 15 heavy (non-hydrogen) atoms. The van der Waals surface area contributed by atoms with Gasteiger partial charge >= 0.3 is 0 Å². The molecule has 1 N–H and O–H groups in total. The van der Waals surface area contributed by atoms with Gasteiger partial charge in [-0.25, -0.2) is 0 Å². The van der Waals surface area contributed by atoms with Crippen molar-refractivity contribution >= 4 is 0 Å². The Kier molecular flexibility index (Phi) is 4.04. The van der Waals surface area contributed by atoms with Crippen LogP contribution in [0.5, 0.6) is 0 Å². The lowest BCUT2D eigenvalue weighted by atomic mass is 9.93. The van der Waals surface area contributed by atoms with Crippen LogP contribution in [0.2, 0.25) is 0 Å². The Bertz CT molecular complexity index is 193. The second-order valence-corrected chi connectivity index (χ2v) is 5.61. The van der Waals surface area contributed by atoms with Crippen LogP contribution in [0, 0.1) is 11.8 Å². The van der Waals surface area contributed by atoms with Crippen molar-refractivity contribution in [2.75, 3.05) is 26.2 Å². The summed E-state index contributed by atoms with van der Waals surface area (Å²) in [4.78, 5) is 2.75. The van der Waals surface area contributed by atoms with Crippen molar-refractivity contribution in [2.45, 2.75) is 45.6 Å². The van der Waals surface area contributed by atoms with Crippen LogP contribution in [0.15, 0.2) is 0 Å². The fourth-order valence-corrected chi connectivity index (χ4v) is 3.08. The average molecular weight is 210 g/mol. The van der Waals surface area contributed by atoms with E-state index in [-0.39, 0.29) is 0 Å². The molecular formula is C13H26N2. The monoisotopic (exact) mass is 210 g/mol. The molecule has 0 radical (unpaired) electrons. The van der Waals surface area contributed by atoms with E-state index in [4.69, 9.17) is 0 Å². The fraction of sp³-hybridized carbons (Fsp3) is 1.00. The third-order valence-corrected chi connectivity index (χ3v) is 4.31. The molecule has 2 heteroatoms. The third kappa shape index (κ3) is 2.94. The van der Waals surface area contributed by atoms with Gasteiger partial charge in [0.25, 0.3) is 0 Å². The van der Waals surface area contributed by atoms with Crippen LogP contribution in [0.4, 0.5) is 0 Å². The molecule has 88 valence electrons. The van der Waals surface area contributed by atoms with Crippen LogP contribution in [0.1, 0.15) is 39.5 Å². The van der Waals surface area contributed by atoms with Gasteiger partial charge in [0.05, 0.1) is 0 Å². The van der Waals surface area contributed by atoms with Crippen LogP contribution in [0.3, 0.4) is 0 Å². The zero-order valence-electron chi connectivity index (χ0n) is 10.3. The summed E-state index contributed by atoms with van der Waals surface area (Å²) < 4.78 is 0. The van der Waals surface area contributed by atoms with E-state index in [1.54, 1.807) is 0 Å². The minimum atomic E-state index is 0.809. The Hall–Kier alpha value is -0.0800.